The molecule has 1 aromatic carbocycles. The Morgan fingerprint density at radius 3 is 2.19 bits per heavy atom. The van der Waals surface area contributed by atoms with Gasteiger partial charge in [-0.15, -0.1) is 0 Å². The van der Waals surface area contributed by atoms with Crippen LogP contribution in [0.5, 0.6) is 11.5 Å². The van der Waals surface area contributed by atoms with Crippen molar-refractivity contribution >= 4 is 11.6 Å². The number of anilines is 1. The molecule has 1 atom stereocenters. The molecule has 2 saturated heterocycles. The SMILES string of the molecule is CCN1CCN(C(C)CNC(=NC)NC2CCN(c3cc(OC)cc(OC)c3)CC2)CC1. The second-order valence-corrected chi connectivity index (χ2v) is 8.75. The summed E-state index contributed by atoms with van der Waals surface area (Å²) in [5.41, 5.74) is 1.15. The molecule has 1 unspecified atom stereocenters. The molecule has 8 nitrogen and oxygen atoms in total. The zero-order valence-electron chi connectivity index (χ0n) is 20.6. The molecular weight excluding hydrogens is 404 g/mol. The minimum atomic E-state index is 0.424. The van der Waals surface area contributed by atoms with E-state index in [0.29, 0.717) is 12.1 Å². The van der Waals surface area contributed by atoms with Crippen LogP contribution in [0.2, 0.25) is 0 Å². The Kier molecular flexibility index (Phi) is 9.29. The van der Waals surface area contributed by atoms with Crippen molar-refractivity contribution in [3.05, 3.63) is 18.2 Å². The molecule has 0 amide bonds. The van der Waals surface area contributed by atoms with Crippen molar-refractivity contribution in [3.63, 3.8) is 0 Å². The number of hydrogen-bond acceptors (Lipinski definition) is 6. The fourth-order valence-electron chi connectivity index (χ4n) is 4.54. The van der Waals surface area contributed by atoms with E-state index in [9.17, 15) is 0 Å². The van der Waals surface area contributed by atoms with Gasteiger partial charge < -0.3 is 29.9 Å². The maximum atomic E-state index is 5.43. The van der Waals surface area contributed by atoms with E-state index in [0.717, 1.165) is 75.3 Å². The maximum absolute atomic E-state index is 5.43. The second kappa shape index (κ2) is 12.2. The predicted octanol–water partition coefficient (Wildman–Crippen LogP) is 1.86. The van der Waals surface area contributed by atoms with Crippen molar-refractivity contribution in [1.82, 2.24) is 20.4 Å². The Bertz CT molecular complexity index is 705. The lowest BCUT2D eigenvalue weighted by Gasteiger charge is -2.38. The van der Waals surface area contributed by atoms with Crippen LogP contribution >= 0.6 is 0 Å². The van der Waals surface area contributed by atoms with Gasteiger partial charge in [-0.1, -0.05) is 6.92 Å². The monoisotopic (exact) mass is 446 g/mol. The van der Waals surface area contributed by atoms with Crippen LogP contribution in [0.3, 0.4) is 0 Å². The molecule has 8 heteroatoms. The third kappa shape index (κ3) is 6.65. The summed E-state index contributed by atoms with van der Waals surface area (Å²) >= 11 is 0. The van der Waals surface area contributed by atoms with Crippen molar-refractivity contribution in [1.29, 1.82) is 0 Å². The summed E-state index contributed by atoms with van der Waals surface area (Å²) in [6.07, 6.45) is 2.13. The first kappa shape index (κ1) is 24.5. The molecule has 3 rings (SSSR count). The van der Waals surface area contributed by atoms with Crippen LogP contribution in [0.1, 0.15) is 26.7 Å². The third-order valence-electron chi connectivity index (χ3n) is 6.80. The van der Waals surface area contributed by atoms with Crippen LogP contribution in [-0.2, 0) is 0 Å². The fourth-order valence-corrected chi connectivity index (χ4v) is 4.54. The Morgan fingerprint density at radius 2 is 1.66 bits per heavy atom. The van der Waals surface area contributed by atoms with Crippen LogP contribution in [0.15, 0.2) is 23.2 Å². The molecule has 0 aromatic heterocycles. The molecule has 0 aliphatic carbocycles. The zero-order chi connectivity index (χ0) is 22.9. The van der Waals surface area contributed by atoms with Crippen LogP contribution in [0.4, 0.5) is 5.69 Å². The first-order chi connectivity index (χ1) is 15.6. The standard InChI is InChI=1S/C24H42N6O2/c1-6-28-11-13-29(14-12-28)19(2)18-26-24(25-3)27-20-7-9-30(10-8-20)21-15-22(31-4)17-23(16-21)32-5/h15-17,19-20H,6-14,18H2,1-5H3,(H2,25,26,27). The van der Waals surface area contributed by atoms with E-state index < -0.39 is 0 Å². The summed E-state index contributed by atoms with van der Waals surface area (Å²) in [5, 5.41) is 7.18. The van der Waals surface area contributed by atoms with E-state index >= 15 is 0 Å². The quantitative estimate of drug-likeness (QED) is 0.467. The summed E-state index contributed by atoms with van der Waals surface area (Å²) < 4.78 is 10.9. The summed E-state index contributed by atoms with van der Waals surface area (Å²) in [7, 11) is 5.25. The largest absolute Gasteiger partial charge is 0.497 e. The Labute approximate surface area is 193 Å². The lowest BCUT2D eigenvalue weighted by molar-refractivity contribution is 0.107. The molecular formula is C24H42N6O2. The summed E-state index contributed by atoms with van der Waals surface area (Å²) in [6, 6.07) is 7.00. The van der Waals surface area contributed by atoms with E-state index in [1.165, 1.54) is 13.1 Å². The van der Waals surface area contributed by atoms with Gasteiger partial charge >= 0.3 is 0 Å². The van der Waals surface area contributed by atoms with Gasteiger partial charge in [0.05, 0.1) is 14.2 Å². The van der Waals surface area contributed by atoms with E-state index in [-0.39, 0.29) is 0 Å². The molecule has 2 aliphatic rings. The highest BCUT2D eigenvalue weighted by Gasteiger charge is 2.23. The number of aliphatic imine (C=N–C) groups is 1. The topological polar surface area (TPSA) is 64.6 Å². The predicted molar refractivity (Wildman–Crippen MR) is 132 cm³/mol. The molecule has 0 spiro atoms. The van der Waals surface area contributed by atoms with Gasteiger partial charge in [-0.25, -0.2) is 0 Å². The number of piperazine rings is 1. The molecule has 180 valence electrons. The Hall–Kier alpha value is -2.19. The average Bonchev–Trinajstić information content (AvgIpc) is 2.86. The van der Waals surface area contributed by atoms with Gasteiger partial charge in [0.2, 0.25) is 0 Å². The number of guanidine groups is 1. The average molecular weight is 447 g/mol. The van der Waals surface area contributed by atoms with Gasteiger partial charge in [0.25, 0.3) is 0 Å². The number of nitrogens with one attached hydrogen (secondary N) is 2. The first-order valence-electron chi connectivity index (χ1n) is 12.0. The number of nitrogens with zero attached hydrogens (tertiary/aromatic N) is 4. The third-order valence-corrected chi connectivity index (χ3v) is 6.80. The number of rotatable bonds is 8. The van der Waals surface area contributed by atoms with Gasteiger partial charge in [-0.05, 0) is 26.3 Å². The van der Waals surface area contributed by atoms with Gasteiger partial charge in [0.15, 0.2) is 5.96 Å². The van der Waals surface area contributed by atoms with Crippen LogP contribution < -0.4 is 25.0 Å². The molecule has 0 saturated carbocycles. The van der Waals surface area contributed by atoms with Crippen molar-refractivity contribution < 1.29 is 9.47 Å². The molecule has 0 bridgehead atoms. The zero-order valence-corrected chi connectivity index (χ0v) is 20.6. The normalized spacial score (nSPS) is 20.2. The minimum absolute atomic E-state index is 0.424. The lowest BCUT2D eigenvalue weighted by atomic mass is 10.0. The fraction of sp³-hybridized carbons (Fsp3) is 0.708. The number of benzene rings is 1. The smallest absolute Gasteiger partial charge is 0.191 e. The van der Waals surface area contributed by atoms with E-state index in [4.69, 9.17) is 9.47 Å². The molecule has 32 heavy (non-hydrogen) atoms. The minimum Gasteiger partial charge on any atom is -0.497 e. The first-order valence-corrected chi connectivity index (χ1v) is 12.0. The highest BCUT2D eigenvalue weighted by molar-refractivity contribution is 5.80. The van der Waals surface area contributed by atoms with Gasteiger partial charge in [-0.3, -0.25) is 9.89 Å². The number of likely N-dealkylation sites (N-methyl/N-ethyl adjacent to an activating group) is 1. The number of ether oxygens (including phenoxy) is 2. The van der Waals surface area contributed by atoms with Gasteiger partial charge in [0.1, 0.15) is 11.5 Å². The molecule has 2 fully saturated rings. The maximum Gasteiger partial charge on any atom is 0.191 e. The lowest BCUT2D eigenvalue weighted by Crippen LogP contribution is -2.54. The van der Waals surface area contributed by atoms with E-state index in [1.807, 2.05) is 13.1 Å². The van der Waals surface area contributed by atoms with Crippen molar-refractivity contribution in [2.24, 2.45) is 4.99 Å². The highest BCUT2D eigenvalue weighted by Crippen LogP contribution is 2.30. The number of hydrogen-bond donors (Lipinski definition) is 2. The number of piperidine rings is 1. The molecule has 2 heterocycles. The molecule has 0 radical (unpaired) electrons. The molecule has 2 aliphatic heterocycles. The van der Waals surface area contributed by atoms with Crippen molar-refractivity contribution in [3.8, 4) is 11.5 Å². The summed E-state index contributed by atoms with van der Waals surface area (Å²) in [5.74, 6) is 2.56. The second-order valence-electron chi connectivity index (χ2n) is 8.75. The van der Waals surface area contributed by atoms with E-state index in [1.54, 1.807) is 14.2 Å². The van der Waals surface area contributed by atoms with Crippen molar-refractivity contribution in [2.45, 2.75) is 38.8 Å². The van der Waals surface area contributed by atoms with Gasteiger partial charge in [0, 0.05) is 88.8 Å². The van der Waals surface area contributed by atoms with Crippen LogP contribution in [0, 0.1) is 0 Å². The van der Waals surface area contributed by atoms with E-state index in [2.05, 4.69) is 56.3 Å². The summed E-state index contributed by atoms with van der Waals surface area (Å²) in [6.45, 7) is 13.2. The molecule has 1 aromatic rings. The summed E-state index contributed by atoms with van der Waals surface area (Å²) in [4.78, 5) is 12.0. The van der Waals surface area contributed by atoms with Crippen LogP contribution in [0.25, 0.3) is 0 Å². The van der Waals surface area contributed by atoms with Crippen molar-refractivity contribution in [2.75, 3.05) is 78.5 Å². The Balaban J connectivity index is 1.44. The number of methoxy groups -OCH3 is 2. The van der Waals surface area contributed by atoms with Gasteiger partial charge in [-0.2, -0.15) is 0 Å². The molecule has 2 N–H and O–H groups in total. The highest BCUT2D eigenvalue weighted by atomic mass is 16.5. The van der Waals surface area contributed by atoms with Crippen LogP contribution in [-0.4, -0.2) is 101 Å². The Morgan fingerprint density at radius 1 is 1.03 bits per heavy atom.